The van der Waals surface area contributed by atoms with Crippen molar-refractivity contribution in [3.63, 3.8) is 0 Å². The fourth-order valence-electron chi connectivity index (χ4n) is 6.18. The van der Waals surface area contributed by atoms with E-state index in [1.165, 1.54) is 57.3 Å². The number of benzene rings is 3. The number of methoxy groups -OCH3 is 1. The summed E-state index contributed by atoms with van der Waals surface area (Å²) >= 11 is 0. The maximum absolute atomic E-state index is 9.10. The summed E-state index contributed by atoms with van der Waals surface area (Å²) in [6.07, 6.45) is 5.33. The average molecular weight is 482 g/mol. The first kappa shape index (κ1) is 24.4. The lowest BCUT2D eigenvalue weighted by molar-refractivity contribution is 0.0511. The Bertz CT molecular complexity index is 1290. The highest BCUT2D eigenvalue weighted by molar-refractivity contribution is 5.75. The zero-order valence-corrected chi connectivity index (χ0v) is 21.8. The lowest BCUT2D eigenvalue weighted by Gasteiger charge is -2.18. The van der Waals surface area contributed by atoms with Gasteiger partial charge in [0.05, 0.1) is 6.07 Å². The number of nitriles is 1. The second-order valence-corrected chi connectivity index (χ2v) is 10.5. The molecule has 1 atom stereocenters. The van der Waals surface area contributed by atoms with Crippen LogP contribution in [0.15, 0.2) is 48.5 Å². The molecule has 3 aromatic rings. The molecule has 1 fully saturated rings. The van der Waals surface area contributed by atoms with E-state index in [0.717, 1.165) is 24.3 Å². The molecule has 0 radical (unpaired) electrons. The van der Waals surface area contributed by atoms with Crippen LogP contribution in [0.25, 0.3) is 11.1 Å². The lowest BCUT2D eigenvalue weighted by Crippen LogP contribution is -2.08. The van der Waals surface area contributed by atoms with Crippen LogP contribution in [0, 0.1) is 37.5 Å². The predicted molar refractivity (Wildman–Crippen MR) is 142 cm³/mol. The summed E-state index contributed by atoms with van der Waals surface area (Å²) in [5, 5.41) is 9.10. The summed E-state index contributed by atoms with van der Waals surface area (Å²) in [4.78, 5) is 0. The SMILES string of the molecule is COCOc1cc(C)c(-c2cccc(COc3ccc4c(c3)CC3(CC3)C4CCC#N)c2C)c(C)c1. The molecule has 4 nitrogen and oxygen atoms in total. The van der Waals surface area contributed by atoms with Crippen LogP contribution in [0.3, 0.4) is 0 Å². The van der Waals surface area contributed by atoms with Gasteiger partial charge in [0.15, 0.2) is 6.79 Å². The van der Waals surface area contributed by atoms with Crippen LogP contribution in [-0.4, -0.2) is 13.9 Å². The molecule has 2 aliphatic rings. The van der Waals surface area contributed by atoms with E-state index < -0.39 is 0 Å². The van der Waals surface area contributed by atoms with Crippen molar-refractivity contribution in [2.75, 3.05) is 13.9 Å². The van der Waals surface area contributed by atoms with Gasteiger partial charge >= 0.3 is 0 Å². The number of hydrogen-bond acceptors (Lipinski definition) is 4. The molecule has 0 heterocycles. The van der Waals surface area contributed by atoms with Crippen molar-refractivity contribution < 1.29 is 14.2 Å². The van der Waals surface area contributed by atoms with Crippen molar-refractivity contribution in [1.29, 1.82) is 5.26 Å². The summed E-state index contributed by atoms with van der Waals surface area (Å²) in [5.74, 6) is 2.30. The standard InChI is InChI=1S/C32H35NO3/c1-21-15-27(36-20-34-4)16-22(2)31(21)28-8-5-7-24(23(28)3)19-35-26-10-11-29-25(17-26)18-32(12-13-32)30(29)9-6-14-33/h5,7-8,10-11,15-17,30H,6,9,12-13,18-20H2,1-4H3. The molecule has 1 saturated carbocycles. The Morgan fingerprint density at radius 2 is 1.75 bits per heavy atom. The van der Waals surface area contributed by atoms with E-state index in [-0.39, 0.29) is 6.79 Å². The molecule has 1 spiro atoms. The Balaban J connectivity index is 1.34. The van der Waals surface area contributed by atoms with Crippen LogP contribution >= 0.6 is 0 Å². The van der Waals surface area contributed by atoms with Crippen LogP contribution in [0.5, 0.6) is 11.5 Å². The molecular formula is C32H35NO3. The van der Waals surface area contributed by atoms with Gasteiger partial charge in [-0.15, -0.1) is 0 Å². The number of hydrogen-bond donors (Lipinski definition) is 0. The highest BCUT2D eigenvalue weighted by Gasteiger charge is 2.53. The summed E-state index contributed by atoms with van der Waals surface area (Å²) in [7, 11) is 1.63. The van der Waals surface area contributed by atoms with Crippen LogP contribution in [0.4, 0.5) is 0 Å². The Morgan fingerprint density at radius 1 is 0.972 bits per heavy atom. The second kappa shape index (κ2) is 9.99. The zero-order chi connectivity index (χ0) is 25.3. The van der Waals surface area contributed by atoms with Gasteiger partial charge in [-0.2, -0.15) is 5.26 Å². The molecule has 0 aliphatic heterocycles. The summed E-state index contributed by atoms with van der Waals surface area (Å²) in [6, 6.07) is 19.6. The molecular weight excluding hydrogens is 446 g/mol. The average Bonchev–Trinajstić information content (AvgIpc) is 3.56. The van der Waals surface area contributed by atoms with Crippen molar-refractivity contribution in [2.24, 2.45) is 5.41 Å². The van der Waals surface area contributed by atoms with E-state index in [2.05, 4.69) is 75.4 Å². The Kier molecular flexibility index (Phi) is 6.77. The van der Waals surface area contributed by atoms with Crippen LogP contribution in [-0.2, 0) is 17.8 Å². The van der Waals surface area contributed by atoms with E-state index in [1.807, 2.05) is 0 Å². The quantitative estimate of drug-likeness (QED) is 0.296. The molecule has 0 saturated heterocycles. The summed E-state index contributed by atoms with van der Waals surface area (Å²) in [5.41, 5.74) is 10.5. The Hall–Kier alpha value is -3.29. The van der Waals surface area contributed by atoms with E-state index >= 15 is 0 Å². The monoisotopic (exact) mass is 481 g/mol. The number of rotatable bonds is 9. The summed E-state index contributed by atoms with van der Waals surface area (Å²) < 4.78 is 17.0. The Morgan fingerprint density at radius 3 is 2.44 bits per heavy atom. The maximum atomic E-state index is 9.10. The third-order valence-electron chi connectivity index (χ3n) is 8.17. The van der Waals surface area contributed by atoms with E-state index in [1.54, 1.807) is 7.11 Å². The van der Waals surface area contributed by atoms with Crippen molar-refractivity contribution in [1.82, 2.24) is 0 Å². The molecule has 186 valence electrons. The van der Waals surface area contributed by atoms with Gasteiger partial charge in [-0.25, -0.2) is 0 Å². The van der Waals surface area contributed by atoms with Gasteiger partial charge in [-0.05, 0) is 127 Å². The van der Waals surface area contributed by atoms with Gasteiger partial charge < -0.3 is 14.2 Å². The molecule has 0 aromatic heterocycles. The molecule has 36 heavy (non-hydrogen) atoms. The molecule has 1 unspecified atom stereocenters. The van der Waals surface area contributed by atoms with Gasteiger partial charge in [0.2, 0.25) is 0 Å². The van der Waals surface area contributed by atoms with Crippen molar-refractivity contribution in [3.8, 4) is 28.7 Å². The first-order valence-corrected chi connectivity index (χ1v) is 12.9. The number of nitrogens with zero attached hydrogens (tertiary/aromatic N) is 1. The van der Waals surface area contributed by atoms with Crippen LogP contribution in [0.2, 0.25) is 0 Å². The topological polar surface area (TPSA) is 51.5 Å². The van der Waals surface area contributed by atoms with Crippen molar-refractivity contribution in [2.45, 2.75) is 65.4 Å². The fourth-order valence-corrected chi connectivity index (χ4v) is 6.18. The third-order valence-corrected chi connectivity index (χ3v) is 8.17. The van der Waals surface area contributed by atoms with Gasteiger partial charge in [0.25, 0.3) is 0 Å². The third kappa shape index (κ3) is 4.61. The van der Waals surface area contributed by atoms with Crippen molar-refractivity contribution >= 4 is 0 Å². The lowest BCUT2D eigenvalue weighted by atomic mass is 9.86. The minimum Gasteiger partial charge on any atom is -0.489 e. The van der Waals surface area contributed by atoms with Gasteiger partial charge in [0, 0.05) is 13.5 Å². The highest BCUT2D eigenvalue weighted by atomic mass is 16.7. The zero-order valence-electron chi connectivity index (χ0n) is 21.8. The van der Waals surface area contributed by atoms with Crippen LogP contribution < -0.4 is 9.47 Å². The first-order valence-electron chi connectivity index (χ1n) is 12.9. The smallest absolute Gasteiger partial charge is 0.188 e. The van der Waals surface area contributed by atoms with E-state index in [9.17, 15) is 0 Å². The minimum atomic E-state index is 0.244. The second-order valence-electron chi connectivity index (χ2n) is 10.5. The largest absolute Gasteiger partial charge is 0.489 e. The molecule has 2 aliphatic carbocycles. The van der Waals surface area contributed by atoms with E-state index in [0.29, 0.717) is 24.4 Å². The first-order chi connectivity index (χ1) is 17.5. The minimum absolute atomic E-state index is 0.244. The highest BCUT2D eigenvalue weighted by Crippen LogP contribution is 2.64. The fraction of sp³-hybridized carbons (Fsp3) is 0.406. The maximum Gasteiger partial charge on any atom is 0.188 e. The molecule has 3 aromatic carbocycles. The molecule has 0 bridgehead atoms. The number of aryl methyl sites for hydroxylation is 2. The molecule has 0 amide bonds. The van der Waals surface area contributed by atoms with Gasteiger partial charge in [0.1, 0.15) is 18.1 Å². The number of fused-ring (bicyclic) bond motifs is 1. The molecule has 4 heteroatoms. The van der Waals surface area contributed by atoms with Gasteiger partial charge in [-0.3, -0.25) is 0 Å². The molecule has 5 rings (SSSR count). The Labute approximate surface area is 214 Å². The van der Waals surface area contributed by atoms with E-state index in [4.69, 9.17) is 19.5 Å². The van der Waals surface area contributed by atoms with Gasteiger partial charge in [-0.1, -0.05) is 24.3 Å². The van der Waals surface area contributed by atoms with Crippen LogP contribution in [0.1, 0.15) is 65.0 Å². The molecule has 0 N–H and O–H groups in total. The number of ether oxygens (including phenoxy) is 3. The summed E-state index contributed by atoms with van der Waals surface area (Å²) in [6.45, 7) is 7.22. The van der Waals surface area contributed by atoms with Crippen molar-refractivity contribution in [3.05, 3.63) is 81.9 Å². The predicted octanol–water partition coefficient (Wildman–Crippen LogP) is 7.56. The normalized spacial score (nSPS) is 17.0.